The number of amides is 1. The van der Waals surface area contributed by atoms with Gasteiger partial charge in [-0.1, -0.05) is 50.0 Å². The summed E-state index contributed by atoms with van der Waals surface area (Å²) in [7, 11) is 0. The summed E-state index contributed by atoms with van der Waals surface area (Å²) in [5, 5.41) is 1.08. The van der Waals surface area contributed by atoms with Crippen molar-refractivity contribution in [1.82, 2.24) is 4.90 Å². The Morgan fingerprint density at radius 2 is 1.69 bits per heavy atom. The van der Waals surface area contributed by atoms with Gasteiger partial charge >= 0.3 is 6.18 Å². The summed E-state index contributed by atoms with van der Waals surface area (Å²) < 4.78 is 40.1. The summed E-state index contributed by atoms with van der Waals surface area (Å²) in [6.45, 7) is 7.87. The third-order valence-electron chi connectivity index (χ3n) is 6.37. The van der Waals surface area contributed by atoms with E-state index in [4.69, 9.17) is 28.9 Å². The lowest BCUT2D eigenvalue weighted by Crippen LogP contribution is -2.50. The molecule has 3 rings (SSSR count). The number of piperazine rings is 1. The average Bonchev–Trinajstić information content (AvgIpc) is 2.79. The quantitative estimate of drug-likeness (QED) is 0.440. The van der Waals surface area contributed by atoms with Crippen LogP contribution in [0.15, 0.2) is 36.4 Å². The summed E-state index contributed by atoms with van der Waals surface area (Å²) >= 11 is 12.2. The van der Waals surface area contributed by atoms with Crippen LogP contribution < -0.4 is 10.6 Å². The zero-order valence-electron chi connectivity index (χ0n) is 20.2. The van der Waals surface area contributed by atoms with Crippen molar-refractivity contribution in [2.75, 3.05) is 31.1 Å². The second kappa shape index (κ2) is 11.4. The Morgan fingerprint density at radius 3 is 2.26 bits per heavy atom. The highest BCUT2D eigenvalue weighted by molar-refractivity contribution is 6.35. The molecule has 1 amide bonds. The highest BCUT2D eigenvalue weighted by atomic mass is 35.5. The molecule has 9 heteroatoms. The predicted molar refractivity (Wildman–Crippen MR) is 136 cm³/mol. The minimum Gasteiger partial charge on any atom is -0.368 e. The molecule has 1 saturated heterocycles. The molecule has 1 fully saturated rings. The van der Waals surface area contributed by atoms with E-state index in [1.165, 1.54) is 12.1 Å². The molecule has 1 heterocycles. The minimum atomic E-state index is -4.43. The molecule has 192 valence electrons. The lowest BCUT2D eigenvalue weighted by Gasteiger charge is -2.38. The van der Waals surface area contributed by atoms with E-state index in [2.05, 4.69) is 0 Å². The summed E-state index contributed by atoms with van der Waals surface area (Å²) in [5.74, 6) is 0.0126. The van der Waals surface area contributed by atoms with E-state index in [1.807, 2.05) is 36.6 Å². The Hall–Kier alpha value is -1.96. The molecule has 1 aliphatic heterocycles. The number of benzene rings is 2. The number of hydrogen-bond donors (Lipinski definition) is 1. The fraction of sp³-hybridized carbons (Fsp3) is 0.500. The van der Waals surface area contributed by atoms with E-state index in [9.17, 15) is 18.0 Å². The topological polar surface area (TPSA) is 49.6 Å². The maximum atomic E-state index is 13.4. The maximum Gasteiger partial charge on any atom is 0.416 e. The molecule has 2 N–H and O–H groups in total. The molecule has 0 saturated carbocycles. The first-order valence-corrected chi connectivity index (χ1v) is 12.6. The van der Waals surface area contributed by atoms with Crippen molar-refractivity contribution in [3.8, 4) is 0 Å². The molecule has 2 atom stereocenters. The van der Waals surface area contributed by atoms with Crippen LogP contribution in [0.1, 0.15) is 49.9 Å². The molecule has 0 aromatic heterocycles. The molecule has 0 spiro atoms. The van der Waals surface area contributed by atoms with Gasteiger partial charge in [-0.25, -0.2) is 0 Å². The van der Waals surface area contributed by atoms with Gasteiger partial charge in [-0.05, 0) is 60.2 Å². The fourth-order valence-electron chi connectivity index (χ4n) is 4.53. The van der Waals surface area contributed by atoms with Gasteiger partial charge in [0.15, 0.2) is 0 Å². The van der Waals surface area contributed by atoms with Gasteiger partial charge in [0.05, 0.1) is 5.56 Å². The normalized spacial score (nSPS) is 16.5. The van der Waals surface area contributed by atoms with Crippen molar-refractivity contribution in [3.63, 3.8) is 0 Å². The number of nitrogens with zero attached hydrogens (tertiary/aromatic N) is 2. The third-order valence-corrected chi connectivity index (χ3v) is 6.96. The van der Waals surface area contributed by atoms with Crippen molar-refractivity contribution in [2.45, 2.75) is 45.8 Å². The van der Waals surface area contributed by atoms with E-state index < -0.39 is 17.8 Å². The van der Waals surface area contributed by atoms with Crippen LogP contribution in [0.2, 0.25) is 10.0 Å². The average molecular weight is 530 g/mol. The molecule has 0 radical (unpaired) electrons. The molecular weight excluding hydrogens is 498 g/mol. The van der Waals surface area contributed by atoms with Crippen LogP contribution in [0.3, 0.4) is 0 Å². The van der Waals surface area contributed by atoms with E-state index in [1.54, 1.807) is 12.1 Å². The van der Waals surface area contributed by atoms with Crippen LogP contribution in [0.5, 0.6) is 0 Å². The Morgan fingerprint density at radius 1 is 1.03 bits per heavy atom. The number of anilines is 1. The van der Waals surface area contributed by atoms with Crippen molar-refractivity contribution < 1.29 is 18.0 Å². The molecule has 2 aromatic rings. The summed E-state index contributed by atoms with van der Waals surface area (Å²) in [4.78, 5) is 16.9. The fourth-order valence-corrected chi connectivity index (χ4v) is 5.02. The van der Waals surface area contributed by atoms with E-state index in [0.29, 0.717) is 60.3 Å². The van der Waals surface area contributed by atoms with Gasteiger partial charge in [-0.15, -0.1) is 0 Å². The van der Waals surface area contributed by atoms with Gasteiger partial charge in [0.25, 0.3) is 0 Å². The highest BCUT2D eigenvalue weighted by Crippen LogP contribution is 2.36. The monoisotopic (exact) mass is 529 g/mol. The molecule has 35 heavy (non-hydrogen) atoms. The molecule has 0 aliphatic carbocycles. The summed E-state index contributed by atoms with van der Waals surface area (Å²) in [6.07, 6.45) is -3.35. The van der Waals surface area contributed by atoms with E-state index in [-0.39, 0.29) is 17.7 Å². The van der Waals surface area contributed by atoms with Crippen molar-refractivity contribution >= 4 is 34.8 Å². The first-order chi connectivity index (χ1) is 16.4. The van der Waals surface area contributed by atoms with E-state index >= 15 is 0 Å². The zero-order valence-corrected chi connectivity index (χ0v) is 21.7. The Labute approximate surface area is 215 Å². The van der Waals surface area contributed by atoms with Crippen LogP contribution >= 0.6 is 23.2 Å². The van der Waals surface area contributed by atoms with Crippen molar-refractivity contribution in [2.24, 2.45) is 17.6 Å². The number of nitrogens with two attached hydrogens (primary N) is 1. The maximum absolute atomic E-state index is 13.4. The number of hydrogen-bond acceptors (Lipinski definition) is 3. The lowest BCUT2D eigenvalue weighted by molar-refractivity contribution is -0.137. The van der Waals surface area contributed by atoms with Crippen LogP contribution in [0, 0.1) is 11.8 Å². The SMILES string of the molecule is CC(C)C[C@H](N)c1cc(C(F)(F)F)ccc1N1CCN(C(=O)[C@H](C)Cc2ccc(Cl)cc2Cl)CC1. The largest absolute Gasteiger partial charge is 0.416 e. The second-order valence-corrected chi connectivity index (χ2v) is 10.5. The second-order valence-electron chi connectivity index (χ2n) is 9.66. The number of rotatable bonds is 7. The van der Waals surface area contributed by atoms with Crippen molar-refractivity contribution in [1.29, 1.82) is 0 Å². The number of alkyl halides is 3. The van der Waals surface area contributed by atoms with Gasteiger partial charge in [-0.2, -0.15) is 13.2 Å². The molecule has 0 bridgehead atoms. The van der Waals surface area contributed by atoms with Gasteiger partial charge in [0.2, 0.25) is 5.91 Å². The van der Waals surface area contributed by atoms with Gasteiger partial charge < -0.3 is 15.5 Å². The van der Waals surface area contributed by atoms with Gasteiger partial charge in [0, 0.05) is 53.9 Å². The minimum absolute atomic E-state index is 0.0276. The molecule has 1 aliphatic rings. The smallest absolute Gasteiger partial charge is 0.368 e. The number of carbonyl (C=O) groups excluding carboxylic acids is 1. The number of carbonyl (C=O) groups is 1. The van der Waals surface area contributed by atoms with Gasteiger partial charge in [-0.3, -0.25) is 4.79 Å². The van der Waals surface area contributed by atoms with Crippen LogP contribution in [0.4, 0.5) is 18.9 Å². The molecule has 0 unspecified atom stereocenters. The van der Waals surface area contributed by atoms with Crippen LogP contribution in [0.25, 0.3) is 0 Å². The highest BCUT2D eigenvalue weighted by Gasteiger charge is 2.33. The molecule has 2 aromatic carbocycles. The lowest BCUT2D eigenvalue weighted by atomic mass is 9.94. The Balaban J connectivity index is 1.70. The summed E-state index contributed by atoms with van der Waals surface area (Å²) in [6, 6.07) is 8.55. The zero-order chi connectivity index (χ0) is 25.9. The molecular formula is C26H32Cl2F3N3O. The first kappa shape index (κ1) is 27.6. The van der Waals surface area contributed by atoms with Crippen LogP contribution in [-0.4, -0.2) is 37.0 Å². The number of halogens is 5. The Bertz CT molecular complexity index is 1040. The van der Waals surface area contributed by atoms with Gasteiger partial charge in [0.1, 0.15) is 0 Å². The summed E-state index contributed by atoms with van der Waals surface area (Å²) in [5.41, 5.74) is 7.72. The molecule has 4 nitrogen and oxygen atoms in total. The van der Waals surface area contributed by atoms with Crippen molar-refractivity contribution in [3.05, 3.63) is 63.1 Å². The Kier molecular flexibility index (Phi) is 9.00. The predicted octanol–water partition coefficient (Wildman–Crippen LogP) is 6.59. The van der Waals surface area contributed by atoms with E-state index in [0.717, 1.165) is 11.6 Å². The van der Waals surface area contributed by atoms with Crippen LogP contribution in [-0.2, 0) is 17.4 Å². The third kappa shape index (κ3) is 7.05. The first-order valence-electron chi connectivity index (χ1n) is 11.8. The standard InChI is InChI=1S/C26H32Cl2F3N3O/c1-16(2)12-23(32)21-14-19(26(29,30)31)5-7-24(21)33-8-10-34(11-9-33)25(35)17(3)13-18-4-6-20(27)15-22(18)28/h4-7,14-17,23H,8-13,32H2,1-3H3/t17-,23+/m1/s1.